The second-order valence-electron chi connectivity index (χ2n) is 8.37. The molecule has 3 fully saturated rings. The summed E-state index contributed by atoms with van der Waals surface area (Å²) < 4.78 is 0. The Balaban J connectivity index is 1.56. The van der Waals surface area contributed by atoms with Crippen LogP contribution in [0, 0.1) is 38.0 Å². The van der Waals surface area contributed by atoms with Gasteiger partial charge in [-0.3, -0.25) is 0 Å². The first-order valence-corrected chi connectivity index (χ1v) is 8.85. The van der Waals surface area contributed by atoms with E-state index >= 15 is 0 Å². The molecule has 4 rings (SSSR count). The Hall–Kier alpha value is -0.820. The van der Waals surface area contributed by atoms with Crippen molar-refractivity contribution < 1.29 is 0 Å². The normalized spacial score (nSPS) is 34.0. The zero-order valence-corrected chi connectivity index (χ0v) is 13.8. The van der Waals surface area contributed by atoms with Crippen molar-refractivity contribution in [2.45, 2.75) is 65.3 Å². The molecule has 0 radical (unpaired) electrons. The molecule has 0 bridgehead atoms. The molecular formula is C20H29N. The third-order valence-electron chi connectivity index (χ3n) is 6.19. The number of hydrogen-bond acceptors (Lipinski definition) is 1. The van der Waals surface area contributed by atoms with E-state index in [0.29, 0.717) is 5.41 Å². The van der Waals surface area contributed by atoms with Gasteiger partial charge in [-0.25, -0.2) is 0 Å². The highest BCUT2D eigenvalue weighted by Crippen LogP contribution is 2.61. The molecular weight excluding hydrogens is 254 g/mol. The fourth-order valence-electron chi connectivity index (χ4n) is 4.87. The van der Waals surface area contributed by atoms with Crippen LogP contribution in [0.4, 0.5) is 0 Å². The summed E-state index contributed by atoms with van der Waals surface area (Å²) in [5.74, 6) is 2.13. The molecule has 0 heterocycles. The molecule has 3 saturated carbocycles. The van der Waals surface area contributed by atoms with Crippen LogP contribution < -0.4 is 5.32 Å². The highest BCUT2D eigenvalue weighted by molar-refractivity contribution is 5.38. The molecule has 21 heavy (non-hydrogen) atoms. The molecule has 3 aliphatic rings. The smallest absolute Gasteiger partial charge is 0.00684 e. The van der Waals surface area contributed by atoms with Crippen molar-refractivity contribution in [2.75, 3.05) is 6.54 Å². The number of fused-ring (bicyclic) bond motifs is 1. The SMILES string of the molecule is Cc1cc(C)c(CC2(CNC3CC3)CC3CC3C2)c(C)c1. The molecule has 114 valence electrons. The first-order chi connectivity index (χ1) is 10.0. The standard InChI is InChI=1S/C20H29N/c1-13-6-14(2)19(15(3)7-13)11-20(12-21-18-4-5-18)9-16-8-17(16)10-20/h6-7,16-18,21H,4-5,8-12H2,1-3H3. The molecule has 0 spiro atoms. The molecule has 2 atom stereocenters. The van der Waals surface area contributed by atoms with E-state index in [0.717, 1.165) is 17.9 Å². The van der Waals surface area contributed by atoms with Gasteiger partial charge >= 0.3 is 0 Å². The van der Waals surface area contributed by atoms with E-state index in [1.54, 1.807) is 5.56 Å². The van der Waals surface area contributed by atoms with Crippen LogP contribution in [0.25, 0.3) is 0 Å². The van der Waals surface area contributed by atoms with Gasteiger partial charge in [0.25, 0.3) is 0 Å². The Morgan fingerprint density at radius 2 is 1.67 bits per heavy atom. The van der Waals surface area contributed by atoms with Gasteiger partial charge in [0.2, 0.25) is 0 Å². The van der Waals surface area contributed by atoms with Gasteiger partial charge in [0.05, 0.1) is 0 Å². The Morgan fingerprint density at radius 3 is 2.24 bits per heavy atom. The minimum absolute atomic E-state index is 0.556. The van der Waals surface area contributed by atoms with E-state index in [1.807, 2.05) is 0 Å². The van der Waals surface area contributed by atoms with Gasteiger partial charge in [-0.2, -0.15) is 0 Å². The molecule has 1 aromatic carbocycles. The molecule has 0 saturated heterocycles. The molecule has 0 aliphatic heterocycles. The Kier molecular flexibility index (Phi) is 3.19. The summed E-state index contributed by atoms with van der Waals surface area (Å²) in [6, 6.07) is 5.60. The van der Waals surface area contributed by atoms with E-state index in [9.17, 15) is 0 Å². The molecule has 0 amide bonds. The predicted molar refractivity (Wildman–Crippen MR) is 88.6 cm³/mol. The summed E-state index contributed by atoms with van der Waals surface area (Å²) in [5.41, 5.74) is 6.63. The highest BCUT2D eigenvalue weighted by Gasteiger charge is 2.53. The van der Waals surface area contributed by atoms with Crippen molar-refractivity contribution in [1.82, 2.24) is 5.32 Å². The quantitative estimate of drug-likeness (QED) is 0.848. The van der Waals surface area contributed by atoms with Crippen LogP contribution in [0.1, 0.15) is 54.4 Å². The van der Waals surface area contributed by atoms with Crippen LogP contribution in [0.5, 0.6) is 0 Å². The zero-order valence-electron chi connectivity index (χ0n) is 13.8. The lowest BCUT2D eigenvalue weighted by Crippen LogP contribution is -2.36. The van der Waals surface area contributed by atoms with Crippen LogP contribution in [-0.2, 0) is 6.42 Å². The minimum Gasteiger partial charge on any atom is -0.313 e. The monoisotopic (exact) mass is 283 g/mol. The van der Waals surface area contributed by atoms with Crippen molar-refractivity contribution in [3.05, 3.63) is 34.4 Å². The maximum absolute atomic E-state index is 3.85. The van der Waals surface area contributed by atoms with Crippen molar-refractivity contribution in [3.63, 3.8) is 0 Å². The van der Waals surface area contributed by atoms with Crippen molar-refractivity contribution in [3.8, 4) is 0 Å². The summed E-state index contributed by atoms with van der Waals surface area (Å²) in [6.07, 6.45) is 8.60. The summed E-state index contributed by atoms with van der Waals surface area (Å²) in [7, 11) is 0. The van der Waals surface area contributed by atoms with E-state index in [-0.39, 0.29) is 0 Å². The van der Waals surface area contributed by atoms with Crippen LogP contribution >= 0.6 is 0 Å². The Labute approximate surface area is 129 Å². The van der Waals surface area contributed by atoms with Gasteiger partial charge in [-0.05, 0) is 93.2 Å². The highest BCUT2D eigenvalue weighted by atomic mass is 15.0. The van der Waals surface area contributed by atoms with Crippen LogP contribution in [-0.4, -0.2) is 12.6 Å². The largest absolute Gasteiger partial charge is 0.313 e. The fourth-order valence-corrected chi connectivity index (χ4v) is 4.87. The number of nitrogens with one attached hydrogen (secondary N) is 1. The number of rotatable bonds is 5. The molecule has 1 aromatic rings. The summed E-state index contributed by atoms with van der Waals surface area (Å²) >= 11 is 0. The van der Waals surface area contributed by atoms with E-state index in [2.05, 4.69) is 38.2 Å². The number of aryl methyl sites for hydroxylation is 3. The average Bonchev–Trinajstić information content (AvgIpc) is 3.33. The van der Waals surface area contributed by atoms with Crippen LogP contribution in [0.2, 0.25) is 0 Å². The molecule has 1 N–H and O–H groups in total. The third kappa shape index (κ3) is 2.77. The predicted octanol–water partition coefficient (Wildman–Crippen LogP) is 4.32. The summed E-state index contributed by atoms with van der Waals surface area (Å²) in [6.45, 7) is 8.11. The third-order valence-corrected chi connectivity index (χ3v) is 6.19. The fraction of sp³-hybridized carbons (Fsp3) is 0.700. The maximum atomic E-state index is 3.85. The van der Waals surface area contributed by atoms with Gasteiger partial charge in [0, 0.05) is 12.6 Å². The number of benzene rings is 1. The summed E-state index contributed by atoms with van der Waals surface area (Å²) in [5, 5.41) is 3.85. The molecule has 0 aromatic heterocycles. The Bertz CT molecular complexity index is 522. The second kappa shape index (κ2) is 4.84. The first kappa shape index (κ1) is 13.8. The molecule has 1 nitrogen and oxygen atoms in total. The van der Waals surface area contributed by atoms with Gasteiger partial charge in [-0.15, -0.1) is 0 Å². The first-order valence-electron chi connectivity index (χ1n) is 8.85. The van der Waals surface area contributed by atoms with Crippen molar-refractivity contribution in [1.29, 1.82) is 0 Å². The topological polar surface area (TPSA) is 12.0 Å². The minimum atomic E-state index is 0.556. The Morgan fingerprint density at radius 1 is 1.05 bits per heavy atom. The van der Waals surface area contributed by atoms with Crippen molar-refractivity contribution >= 4 is 0 Å². The van der Waals surface area contributed by atoms with Gasteiger partial charge in [-0.1, -0.05) is 17.7 Å². The lowest BCUT2D eigenvalue weighted by atomic mass is 9.75. The van der Waals surface area contributed by atoms with E-state index in [4.69, 9.17) is 0 Å². The maximum Gasteiger partial charge on any atom is 0.00684 e. The van der Waals surface area contributed by atoms with Gasteiger partial charge < -0.3 is 5.32 Å². The van der Waals surface area contributed by atoms with Gasteiger partial charge in [0.15, 0.2) is 0 Å². The van der Waals surface area contributed by atoms with Crippen molar-refractivity contribution in [2.24, 2.45) is 17.3 Å². The average molecular weight is 283 g/mol. The molecule has 2 unspecified atom stereocenters. The summed E-state index contributed by atoms with van der Waals surface area (Å²) in [4.78, 5) is 0. The van der Waals surface area contributed by atoms with Gasteiger partial charge in [0.1, 0.15) is 0 Å². The second-order valence-corrected chi connectivity index (χ2v) is 8.37. The number of hydrogen-bond donors (Lipinski definition) is 1. The lowest BCUT2D eigenvalue weighted by molar-refractivity contribution is 0.247. The van der Waals surface area contributed by atoms with E-state index in [1.165, 1.54) is 61.8 Å². The zero-order chi connectivity index (χ0) is 14.6. The molecule has 1 heteroatoms. The molecule has 3 aliphatic carbocycles. The van der Waals surface area contributed by atoms with Crippen LogP contribution in [0.15, 0.2) is 12.1 Å². The lowest BCUT2D eigenvalue weighted by Gasteiger charge is -2.33. The van der Waals surface area contributed by atoms with Crippen LogP contribution in [0.3, 0.4) is 0 Å². The van der Waals surface area contributed by atoms with E-state index < -0.39 is 0 Å².